The summed E-state index contributed by atoms with van der Waals surface area (Å²) in [5.74, 6) is -0.523. The minimum atomic E-state index is -0.799. The van der Waals surface area contributed by atoms with Crippen molar-refractivity contribution in [2.45, 2.75) is 264 Å². The van der Waals surface area contributed by atoms with Crippen molar-refractivity contribution in [2.24, 2.45) is 0 Å². The number of nitrogens with one attached hydrogen (secondary N) is 1. The van der Waals surface area contributed by atoms with Crippen molar-refractivity contribution in [1.29, 1.82) is 0 Å². The zero-order valence-corrected chi connectivity index (χ0v) is 38.4. The summed E-state index contributed by atoms with van der Waals surface area (Å²) in [4.78, 5) is 26.1. The smallest absolute Gasteiger partial charge is 0.306 e. The van der Waals surface area contributed by atoms with Crippen molar-refractivity contribution in [2.75, 3.05) is 6.61 Å². The first-order chi connectivity index (χ1) is 28.5. The highest BCUT2D eigenvalue weighted by Crippen LogP contribution is 2.17. The number of aliphatic hydroxyl groups excluding tert-OH is 2. The Morgan fingerprint density at radius 2 is 0.931 bits per heavy atom. The van der Waals surface area contributed by atoms with E-state index in [1.54, 1.807) is 0 Å². The van der Waals surface area contributed by atoms with Crippen LogP contribution < -0.4 is 5.32 Å². The summed E-state index contributed by atoms with van der Waals surface area (Å²) in [6.07, 6.45) is 54.7. The maximum absolute atomic E-state index is 13.1. The number of allylic oxidation sites excluding steroid dienone is 8. The highest BCUT2D eigenvalue weighted by Gasteiger charge is 2.24. The van der Waals surface area contributed by atoms with E-state index in [-0.39, 0.29) is 24.9 Å². The van der Waals surface area contributed by atoms with E-state index in [0.717, 1.165) is 77.0 Å². The minimum absolute atomic E-state index is 0.0418. The Morgan fingerprint density at radius 1 is 0.517 bits per heavy atom. The molecule has 1 amide bonds. The molecule has 3 atom stereocenters. The van der Waals surface area contributed by atoms with Crippen LogP contribution in [0.4, 0.5) is 0 Å². The third kappa shape index (κ3) is 40.6. The molecule has 0 saturated carbocycles. The van der Waals surface area contributed by atoms with Gasteiger partial charge in [0.2, 0.25) is 5.91 Å². The molecular formula is C52H95NO5. The number of hydrogen-bond donors (Lipinski definition) is 3. The van der Waals surface area contributed by atoms with E-state index in [1.807, 2.05) is 0 Å². The summed E-state index contributed by atoms with van der Waals surface area (Å²) in [5, 5.41) is 23.6. The second-order valence-corrected chi connectivity index (χ2v) is 16.8. The lowest BCUT2D eigenvalue weighted by Gasteiger charge is -2.24. The van der Waals surface area contributed by atoms with E-state index in [1.165, 1.54) is 122 Å². The van der Waals surface area contributed by atoms with Gasteiger partial charge in [-0.15, -0.1) is 0 Å². The second-order valence-electron chi connectivity index (χ2n) is 16.8. The molecule has 0 aromatic heterocycles. The van der Waals surface area contributed by atoms with Crippen molar-refractivity contribution in [3.63, 3.8) is 0 Å². The molecular weight excluding hydrogens is 719 g/mol. The molecule has 0 aliphatic heterocycles. The van der Waals surface area contributed by atoms with Crippen molar-refractivity contribution >= 4 is 11.9 Å². The molecule has 0 saturated heterocycles. The molecule has 0 aliphatic rings. The molecule has 58 heavy (non-hydrogen) atoms. The zero-order chi connectivity index (χ0) is 42.4. The minimum Gasteiger partial charge on any atom is -0.462 e. The average Bonchev–Trinajstić information content (AvgIpc) is 3.22. The van der Waals surface area contributed by atoms with Crippen LogP contribution in [0, 0.1) is 0 Å². The fraction of sp³-hybridized carbons (Fsp3) is 0.808. The maximum Gasteiger partial charge on any atom is 0.306 e. The number of esters is 1. The maximum atomic E-state index is 13.1. The molecule has 6 heteroatoms. The highest BCUT2D eigenvalue weighted by molar-refractivity contribution is 5.77. The number of hydrogen-bond acceptors (Lipinski definition) is 5. The number of ether oxygens (including phenoxy) is 1. The molecule has 0 aromatic rings. The summed E-state index contributed by atoms with van der Waals surface area (Å²) in [6, 6.07) is -0.715. The first-order valence-electron chi connectivity index (χ1n) is 24.9. The second kappa shape index (κ2) is 45.9. The van der Waals surface area contributed by atoms with Crippen LogP contribution in [0.1, 0.15) is 245 Å². The molecule has 0 fully saturated rings. The SMILES string of the molecule is CC/C=C/C/C=C/C/C=C/C/C=C/CCCC(CC(=O)NC(CO)C(O)CCCCCCCCCCC)OC(=O)CCCCCCCCCCCCCCCCCC. The van der Waals surface area contributed by atoms with Gasteiger partial charge < -0.3 is 20.3 Å². The quantitative estimate of drug-likeness (QED) is 0.0323. The highest BCUT2D eigenvalue weighted by atomic mass is 16.5. The van der Waals surface area contributed by atoms with E-state index >= 15 is 0 Å². The predicted molar refractivity (Wildman–Crippen MR) is 250 cm³/mol. The van der Waals surface area contributed by atoms with Crippen LogP contribution in [0.3, 0.4) is 0 Å². The number of amides is 1. The predicted octanol–water partition coefficient (Wildman–Crippen LogP) is 14.7. The van der Waals surface area contributed by atoms with Gasteiger partial charge in [-0.1, -0.05) is 223 Å². The molecule has 0 bridgehead atoms. The monoisotopic (exact) mass is 814 g/mol. The number of rotatable bonds is 44. The van der Waals surface area contributed by atoms with Gasteiger partial charge in [0.15, 0.2) is 0 Å². The fourth-order valence-corrected chi connectivity index (χ4v) is 7.43. The van der Waals surface area contributed by atoms with E-state index in [0.29, 0.717) is 19.3 Å². The van der Waals surface area contributed by atoms with Gasteiger partial charge in [0, 0.05) is 6.42 Å². The molecule has 0 rings (SSSR count). The normalized spacial score (nSPS) is 13.7. The lowest BCUT2D eigenvalue weighted by molar-refractivity contribution is -0.151. The van der Waals surface area contributed by atoms with Gasteiger partial charge in [0.25, 0.3) is 0 Å². The molecule has 338 valence electrons. The van der Waals surface area contributed by atoms with Crippen molar-refractivity contribution in [3.8, 4) is 0 Å². The van der Waals surface area contributed by atoms with Crippen molar-refractivity contribution < 1.29 is 24.5 Å². The van der Waals surface area contributed by atoms with Gasteiger partial charge >= 0.3 is 5.97 Å². The molecule has 3 unspecified atom stereocenters. The Labute approximate surface area is 359 Å². The number of aliphatic hydroxyl groups is 2. The Morgan fingerprint density at radius 3 is 1.38 bits per heavy atom. The molecule has 0 heterocycles. The van der Waals surface area contributed by atoms with E-state index < -0.39 is 18.2 Å². The van der Waals surface area contributed by atoms with Crippen LogP contribution in [-0.2, 0) is 14.3 Å². The Bertz CT molecular complexity index is 1000. The summed E-state index contributed by atoms with van der Waals surface area (Å²) in [5.41, 5.74) is 0. The topological polar surface area (TPSA) is 95.9 Å². The third-order valence-electron chi connectivity index (χ3n) is 11.2. The summed E-state index contributed by atoms with van der Waals surface area (Å²) >= 11 is 0. The molecule has 0 aromatic carbocycles. The summed E-state index contributed by atoms with van der Waals surface area (Å²) < 4.78 is 5.90. The van der Waals surface area contributed by atoms with Crippen molar-refractivity contribution in [1.82, 2.24) is 5.32 Å². The van der Waals surface area contributed by atoms with Crippen LogP contribution >= 0.6 is 0 Å². The summed E-state index contributed by atoms with van der Waals surface area (Å²) in [6.45, 7) is 6.34. The van der Waals surface area contributed by atoms with E-state index in [4.69, 9.17) is 4.74 Å². The molecule has 0 radical (unpaired) electrons. The van der Waals surface area contributed by atoms with Crippen LogP contribution in [0.25, 0.3) is 0 Å². The lowest BCUT2D eigenvalue weighted by atomic mass is 10.0. The first-order valence-corrected chi connectivity index (χ1v) is 24.9. The van der Waals surface area contributed by atoms with Gasteiger partial charge in [-0.25, -0.2) is 0 Å². The van der Waals surface area contributed by atoms with Gasteiger partial charge in [-0.3, -0.25) is 9.59 Å². The zero-order valence-electron chi connectivity index (χ0n) is 38.4. The lowest BCUT2D eigenvalue weighted by Crippen LogP contribution is -2.46. The molecule has 0 aliphatic carbocycles. The van der Waals surface area contributed by atoms with Crippen LogP contribution in [0.15, 0.2) is 48.6 Å². The number of carbonyl (C=O) groups excluding carboxylic acids is 2. The standard InChI is InChI=1S/C52H95NO5/c1-4-7-10-13-16-19-21-23-25-26-28-30-33-36-39-42-45-52(57)58-48(43-40-37-34-32-29-27-24-22-20-17-14-11-8-5-2)46-51(56)53-49(47-54)50(55)44-41-38-35-31-18-15-12-9-6-3/h8,11,17,20,24,27,32,34,48-50,54-55H,4-7,9-10,12-16,18-19,21-23,25-26,28-31,33,35-47H2,1-3H3,(H,53,56)/b11-8+,20-17+,27-24+,34-32+. The van der Waals surface area contributed by atoms with Crippen molar-refractivity contribution in [3.05, 3.63) is 48.6 Å². The Balaban J connectivity index is 4.63. The van der Waals surface area contributed by atoms with Crippen LogP contribution in [0.5, 0.6) is 0 Å². The number of carbonyl (C=O) groups is 2. The largest absolute Gasteiger partial charge is 0.462 e. The Kier molecular flexibility index (Phi) is 44.2. The molecule has 3 N–H and O–H groups in total. The van der Waals surface area contributed by atoms with Crippen LogP contribution in [0.2, 0.25) is 0 Å². The summed E-state index contributed by atoms with van der Waals surface area (Å²) in [7, 11) is 0. The van der Waals surface area contributed by atoms with Gasteiger partial charge in [0.05, 0.1) is 25.2 Å². The fourth-order valence-electron chi connectivity index (χ4n) is 7.43. The number of unbranched alkanes of at least 4 members (excludes halogenated alkanes) is 24. The van der Waals surface area contributed by atoms with Gasteiger partial charge in [-0.05, 0) is 57.8 Å². The first kappa shape index (κ1) is 55.8. The van der Waals surface area contributed by atoms with E-state index in [9.17, 15) is 19.8 Å². The molecule has 0 spiro atoms. The van der Waals surface area contributed by atoms with Gasteiger partial charge in [0.1, 0.15) is 6.10 Å². The molecule has 6 nitrogen and oxygen atoms in total. The third-order valence-corrected chi connectivity index (χ3v) is 11.2. The van der Waals surface area contributed by atoms with Gasteiger partial charge in [-0.2, -0.15) is 0 Å². The average molecular weight is 814 g/mol. The Hall–Kier alpha value is -2.18. The van der Waals surface area contributed by atoms with Crippen LogP contribution in [-0.4, -0.2) is 46.9 Å². The van der Waals surface area contributed by atoms with E-state index in [2.05, 4.69) is 74.7 Å².